The average molecular weight is 411 g/mol. The van der Waals surface area contributed by atoms with Crippen molar-refractivity contribution in [3.8, 4) is 0 Å². The van der Waals surface area contributed by atoms with Gasteiger partial charge in [0.05, 0.1) is 17.1 Å². The smallest absolute Gasteiger partial charge is 0.255 e. The summed E-state index contributed by atoms with van der Waals surface area (Å²) < 4.78 is 26.3. The summed E-state index contributed by atoms with van der Waals surface area (Å²) in [5, 5.41) is 2.81. The Hall–Kier alpha value is -1.86. The van der Waals surface area contributed by atoms with Crippen molar-refractivity contribution in [3.05, 3.63) is 58.6 Å². The molecular weight excluding hydrogens is 392 g/mol. The molecule has 1 amide bonds. The van der Waals surface area contributed by atoms with E-state index in [-0.39, 0.29) is 11.7 Å². The Morgan fingerprint density at radius 1 is 1.08 bits per heavy atom. The van der Waals surface area contributed by atoms with Gasteiger partial charge in [0.1, 0.15) is 0 Å². The van der Waals surface area contributed by atoms with Crippen molar-refractivity contribution in [2.24, 2.45) is 0 Å². The monoisotopic (exact) mass is 410 g/mol. The maximum Gasteiger partial charge on any atom is 0.255 e. The number of benzene rings is 2. The predicted octanol–water partition coefficient (Wildman–Crippen LogP) is 3.88. The second kappa shape index (κ2) is 7.81. The third-order valence-electron chi connectivity index (χ3n) is 3.53. The standard InChI is InChI=1S/C17H19BrN2O3S/c1-3-20(24(22,23)4-2)14-11-9-13(10-12-14)17(21)19-16-8-6-5-7-15(16)18/h5-12H,3-4H2,1-2H3,(H,19,21). The Morgan fingerprint density at radius 3 is 2.25 bits per heavy atom. The lowest BCUT2D eigenvalue weighted by Crippen LogP contribution is -2.32. The van der Waals surface area contributed by atoms with E-state index in [0.29, 0.717) is 23.5 Å². The van der Waals surface area contributed by atoms with E-state index in [1.54, 1.807) is 44.2 Å². The molecule has 0 aliphatic rings. The van der Waals surface area contributed by atoms with Gasteiger partial charge < -0.3 is 5.32 Å². The summed E-state index contributed by atoms with van der Waals surface area (Å²) in [4.78, 5) is 12.3. The quantitative estimate of drug-likeness (QED) is 0.785. The highest BCUT2D eigenvalue weighted by molar-refractivity contribution is 9.10. The van der Waals surface area contributed by atoms with Crippen molar-refractivity contribution in [1.29, 1.82) is 0 Å². The van der Waals surface area contributed by atoms with E-state index in [9.17, 15) is 13.2 Å². The third-order valence-corrected chi connectivity index (χ3v) is 6.09. The minimum absolute atomic E-state index is 0.0328. The number of amides is 1. The van der Waals surface area contributed by atoms with Crippen LogP contribution in [0.3, 0.4) is 0 Å². The van der Waals surface area contributed by atoms with Crippen LogP contribution >= 0.6 is 15.9 Å². The Kier molecular flexibility index (Phi) is 6.01. The van der Waals surface area contributed by atoms with Crippen LogP contribution in [0.1, 0.15) is 24.2 Å². The van der Waals surface area contributed by atoms with Crippen molar-refractivity contribution in [3.63, 3.8) is 0 Å². The number of sulfonamides is 1. The number of carbonyl (C=O) groups excluding carboxylic acids is 1. The topological polar surface area (TPSA) is 66.5 Å². The van der Waals surface area contributed by atoms with Crippen LogP contribution in [-0.2, 0) is 10.0 Å². The molecule has 128 valence electrons. The van der Waals surface area contributed by atoms with E-state index in [4.69, 9.17) is 0 Å². The normalized spacial score (nSPS) is 11.1. The number of rotatable bonds is 6. The Labute approximate surface area is 150 Å². The highest BCUT2D eigenvalue weighted by Crippen LogP contribution is 2.23. The maximum atomic E-state index is 12.3. The number of nitrogens with zero attached hydrogens (tertiary/aromatic N) is 1. The Morgan fingerprint density at radius 2 is 1.71 bits per heavy atom. The molecule has 2 aromatic carbocycles. The average Bonchev–Trinajstić information content (AvgIpc) is 2.58. The molecule has 0 spiro atoms. The second-order valence-electron chi connectivity index (χ2n) is 5.05. The van der Waals surface area contributed by atoms with Gasteiger partial charge in [-0.15, -0.1) is 0 Å². The molecule has 0 saturated heterocycles. The minimum Gasteiger partial charge on any atom is -0.321 e. The first-order valence-electron chi connectivity index (χ1n) is 7.55. The van der Waals surface area contributed by atoms with Crippen molar-refractivity contribution in [1.82, 2.24) is 0 Å². The number of carbonyl (C=O) groups is 1. The van der Waals surface area contributed by atoms with Crippen molar-refractivity contribution in [2.45, 2.75) is 13.8 Å². The number of anilines is 2. The molecule has 24 heavy (non-hydrogen) atoms. The number of para-hydroxylation sites is 1. The van der Waals surface area contributed by atoms with Gasteiger partial charge in [-0.3, -0.25) is 9.10 Å². The molecule has 0 unspecified atom stereocenters. The molecule has 2 aromatic rings. The first kappa shape index (κ1) is 18.5. The van der Waals surface area contributed by atoms with Crippen LogP contribution in [0.25, 0.3) is 0 Å². The van der Waals surface area contributed by atoms with Crippen LogP contribution in [0.4, 0.5) is 11.4 Å². The number of hydrogen-bond donors (Lipinski definition) is 1. The van der Waals surface area contributed by atoms with Gasteiger partial charge in [0.2, 0.25) is 10.0 Å². The molecule has 0 aliphatic carbocycles. The first-order chi connectivity index (χ1) is 11.4. The molecule has 0 saturated carbocycles. The molecule has 0 bridgehead atoms. The maximum absolute atomic E-state index is 12.3. The van der Waals surface area contributed by atoms with Crippen molar-refractivity contribution >= 4 is 43.2 Å². The number of nitrogens with one attached hydrogen (secondary N) is 1. The fourth-order valence-corrected chi connectivity index (χ4v) is 3.76. The van der Waals surface area contributed by atoms with Gasteiger partial charge in [0.15, 0.2) is 0 Å². The van der Waals surface area contributed by atoms with Gasteiger partial charge in [0.25, 0.3) is 5.91 Å². The largest absolute Gasteiger partial charge is 0.321 e. The zero-order valence-electron chi connectivity index (χ0n) is 13.5. The van der Waals surface area contributed by atoms with Crippen LogP contribution in [-0.4, -0.2) is 26.6 Å². The minimum atomic E-state index is -3.32. The Bertz CT molecular complexity index is 820. The van der Waals surface area contributed by atoms with Gasteiger partial charge >= 0.3 is 0 Å². The molecule has 5 nitrogen and oxygen atoms in total. The molecule has 0 fully saturated rings. The molecule has 0 aromatic heterocycles. The van der Waals surface area contributed by atoms with E-state index in [2.05, 4.69) is 21.2 Å². The van der Waals surface area contributed by atoms with Crippen LogP contribution in [0.2, 0.25) is 0 Å². The summed E-state index contributed by atoms with van der Waals surface area (Å²) in [6.45, 7) is 3.73. The van der Waals surface area contributed by atoms with Crippen molar-refractivity contribution in [2.75, 3.05) is 21.9 Å². The lowest BCUT2D eigenvalue weighted by Gasteiger charge is -2.22. The van der Waals surface area contributed by atoms with Crippen LogP contribution < -0.4 is 9.62 Å². The van der Waals surface area contributed by atoms with Crippen LogP contribution in [0, 0.1) is 0 Å². The fraction of sp³-hybridized carbons (Fsp3) is 0.235. The predicted molar refractivity (Wildman–Crippen MR) is 101 cm³/mol. The summed E-state index contributed by atoms with van der Waals surface area (Å²) in [5.41, 5.74) is 1.69. The van der Waals surface area contributed by atoms with Gasteiger partial charge in [-0.2, -0.15) is 0 Å². The van der Waals surface area contributed by atoms with E-state index in [1.807, 2.05) is 18.2 Å². The van der Waals surface area contributed by atoms with E-state index in [0.717, 1.165) is 4.47 Å². The SMILES string of the molecule is CCN(c1ccc(C(=O)Nc2ccccc2Br)cc1)S(=O)(=O)CC. The molecule has 2 rings (SSSR count). The third kappa shape index (κ3) is 4.15. The number of halogens is 1. The van der Waals surface area contributed by atoms with Gasteiger partial charge in [-0.25, -0.2) is 8.42 Å². The van der Waals surface area contributed by atoms with Crippen molar-refractivity contribution < 1.29 is 13.2 Å². The zero-order chi connectivity index (χ0) is 17.7. The summed E-state index contributed by atoms with van der Waals surface area (Å²) in [7, 11) is -3.32. The first-order valence-corrected chi connectivity index (χ1v) is 9.95. The van der Waals surface area contributed by atoms with Gasteiger partial charge in [-0.05, 0) is 66.2 Å². The van der Waals surface area contributed by atoms with Gasteiger partial charge in [-0.1, -0.05) is 12.1 Å². The Balaban J connectivity index is 2.20. The summed E-state index contributed by atoms with van der Waals surface area (Å²) >= 11 is 3.38. The molecule has 0 atom stereocenters. The second-order valence-corrected chi connectivity index (χ2v) is 8.08. The molecule has 0 aliphatic heterocycles. The van der Waals surface area contributed by atoms with Gasteiger partial charge in [0, 0.05) is 16.6 Å². The zero-order valence-corrected chi connectivity index (χ0v) is 15.9. The van der Waals surface area contributed by atoms with E-state index < -0.39 is 10.0 Å². The molecule has 7 heteroatoms. The summed E-state index contributed by atoms with van der Waals surface area (Å²) in [6, 6.07) is 13.9. The molecule has 0 heterocycles. The summed E-state index contributed by atoms with van der Waals surface area (Å²) in [5.74, 6) is -0.222. The number of hydrogen-bond acceptors (Lipinski definition) is 3. The molecule has 0 radical (unpaired) electrons. The molecular formula is C17H19BrN2O3S. The summed E-state index contributed by atoms with van der Waals surface area (Å²) in [6.07, 6.45) is 0. The highest BCUT2D eigenvalue weighted by atomic mass is 79.9. The lowest BCUT2D eigenvalue weighted by atomic mass is 10.2. The lowest BCUT2D eigenvalue weighted by molar-refractivity contribution is 0.102. The van der Waals surface area contributed by atoms with Crippen LogP contribution in [0.15, 0.2) is 53.0 Å². The van der Waals surface area contributed by atoms with E-state index in [1.165, 1.54) is 4.31 Å². The highest BCUT2D eigenvalue weighted by Gasteiger charge is 2.19. The van der Waals surface area contributed by atoms with Crippen LogP contribution in [0.5, 0.6) is 0 Å². The van der Waals surface area contributed by atoms with E-state index >= 15 is 0 Å². The molecule has 1 N–H and O–H groups in total. The fourth-order valence-electron chi connectivity index (χ4n) is 2.23.